The van der Waals surface area contributed by atoms with E-state index in [4.69, 9.17) is 0 Å². The maximum atomic E-state index is 3.70. The molecule has 0 bridgehead atoms. The quantitative estimate of drug-likeness (QED) is 0.418. The zero-order chi connectivity index (χ0) is 4.24. The summed E-state index contributed by atoms with van der Waals surface area (Å²) in [5.74, 6) is 0. The zero-order valence-electron chi connectivity index (χ0n) is 3.18. The Hall–Kier alpha value is -0.990. The lowest BCUT2D eigenvalue weighted by Crippen LogP contribution is -2.26. The molecular formula is C3H5N3. The molecule has 0 radical (unpaired) electrons. The molecule has 0 aliphatic carbocycles. The minimum Gasteiger partial charge on any atom is -0.306 e. The molecule has 0 aromatic heterocycles. The van der Waals surface area contributed by atoms with Gasteiger partial charge in [-0.05, 0) is 0 Å². The standard InChI is InChI=1S/C3H5N3/c1-2-5-6-3-4-1/h1-3,5H,(H,4,6). The lowest BCUT2D eigenvalue weighted by molar-refractivity contribution is 0.818. The van der Waals surface area contributed by atoms with Crippen LogP contribution in [0.25, 0.3) is 0 Å². The highest BCUT2D eigenvalue weighted by atomic mass is 15.4. The lowest BCUT2D eigenvalue weighted by atomic mass is 10.9. The van der Waals surface area contributed by atoms with Crippen molar-refractivity contribution < 1.29 is 0 Å². The van der Waals surface area contributed by atoms with E-state index in [-0.39, 0.29) is 0 Å². The van der Waals surface area contributed by atoms with Crippen LogP contribution < -0.4 is 10.9 Å². The molecule has 1 heterocycles. The Labute approximate surface area is 35.7 Å². The second-order valence-electron chi connectivity index (χ2n) is 0.883. The predicted molar refractivity (Wildman–Crippen MR) is 23.9 cm³/mol. The zero-order valence-corrected chi connectivity index (χ0v) is 3.18. The van der Waals surface area contributed by atoms with Gasteiger partial charge in [-0.3, -0.25) is 5.43 Å². The van der Waals surface area contributed by atoms with Gasteiger partial charge in [0.1, 0.15) is 6.34 Å². The summed E-state index contributed by atoms with van der Waals surface area (Å²) in [7, 11) is 0. The van der Waals surface area contributed by atoms with Crippen molar-refractivity contribution in [1.82, 2.24) is 10.9 Å². The molecule has 0 spiro atoms. The number of hydrogen-bond acceptors (Lipinski definition) is 3. The van der Waals surface area contributed by atoms with Crippen LogP contribution >= 0.6 is 0 Å². The molecule has 0 fully saturated rings. The first kappa shape index (κ1) is 3.21. The third-order valence-electron chi connectivity index (χ3n) is 0.466. The minimum absolute atomic E-state index is 1.57. The Morgan fingerprint density at radius 1 is 1.33 bits per heavy atom. The van der Waals surface area contributed by atoms with Crippen molar-refractivity contribution >= 4 is 6.34 Å². The van der Waals surface area contributed by atoms with E-state index in [0.29, 0.717) is 0 Å². The van der Waals surface area contributed by atoms with Crippen LogP contribution in [0.2, 0.25) is 0 Å². The smallest absolute Gasteiger partial charge is 0.106 e. The van der Waals surface area contributed by atoms with Crippen LogP contribution in [0.3, 0.4) is 0 Å². The molecule has 1 rings (SSSR count). The summed E-state index contributed by atoms with van der Waals surface area (Å²) in [5.41, 5.74) is 5.36. The monoisotopic (exact) mass is 83.0 g/mol. The number of nitrogens with one attached hydrogen (secondary N) is 2. The first-order chi connectivity index (χ1) is 3.00. The third-order valence-corrected chi connectivity index (χ3v) is 0.466. The summed E-state index contributed by atoms with van der Waals surface area (Å²) in [4.78, 5) is 3.70. The largest absolute Gasteiger partial charge is 0.306 e. The average molecular weight is 83.1 g/mol. The number of aliphatic imine (C=N–C) groups is 1. The summed E-state index contributed by atoms with van der Waals surface area (Å²) < 4.78 is 0. The van der Waals surface area contributed by atoms with E-state index in [1.807, 2.05) is 0 Å². The first-order valence-electron chi connectivity index (χ1n) is 1.68. The van der Waals surface area contributed by atoms with Gasteiger partial charge in [-0.25, -0.2) is 4.99 Å². The van der Waals surface area contributed by atoms with E-state index in [2.05, 4.69) is 15.8 Å². The Balaban J connectivity index is 2.46. The molecule has 6 heavy (non-hydrogen) atoms. The van der Waals surface area contributed by atoms with E-state index in [1.54, 1.807) is 18.7 Å². The SMILES string of the molecule is C1=CNNC=N1. The third kappa shape index (κ3) is 0.484. The van der Waals surface area contributed by atoms with E-state index < -0.39 is 0 Å². The van der Waals surface area contributed by atoms with Gasteiger partial charge in [0.2, 0.25) is 0 Å². The summed E-state index contributed by atoms with van der Waals surface area (Å²) >= 11 is 0. The van der Waals surface area contributed by atoms with Crippen LogP contribution in [0.5, 0.6) is 0 Å². The maximum absolute atomic E-state index is 3.70. The summed E-state index contributed by atoms with van der Waals surface area (Å²) in [6.45, 7) is 0. The highest BCUT2D eigenvalue weighted by molar-refractivity contribution is 5.55. The van der Waals surface area contributed by atoms with E-state index in [1.165, 1.54) is 0 Å². The van der Waals surface area contributed by atoms with Gasteiger partial charge in [0, 0.05) is 12.4 Å². The number of hydrazine groups is 1. The fourth-order valence-electron chi connectivity index (χ4n) is 0.246. The van der Waals surface area contributed by atoms with Crippen molar-refractivity contribution in [3.63, 3.8) is 0 Å². The van der Waals surface area contributed by atoms with Crippen LogP contribution in [-0.4, -0.2) is 6.34 Å². The molecule has 0 saturated heterocycles. The molecule has 32 valence electrons. The van der Waals surface area contributed by atoms with Crippen LogP contribution in [0, 0.1) is 0 Å². The van der Waals surface area contributed by atoms with Crippen molar-refractivity contribution in [1.29, 1.82) is 0 Å². The van der Waals surface area contributed by atoms with Crippen molar-refractivity contribution in [3.05, 3.63) is 12.4 Å². The van der Waals surface area contributed by atoms with Crippen LogP contribution in [0.1, 0.15) is 0 Å². The Morgan fingerprint density at radius 3 is 2.50 bits per heavy atom. The van der Waals surface area contributed by atoms with Crippen molar-refractivity contribution in [3.8, 4) is 0 Å². The average Bonchev–Trinajstić information content (AvgIpc) is 1.72. The molecule has 3 nitrogen and oxygen atoms in total. The van der Waals surface area contributed by atoms with Gasteiger partial charge < -0.3 is 5.43 Å². The summed E-state index contributed by atoms with van der Waals surface area (Å²) in [5, 5.41) is 0. The first-order valence-corrected chi connectivity index (χ1v) is 1.68. The molecule has 0 unspecified atom stereocenters. The molecule has 0 saturated carbocycles. The van der Waals surface area contributed by atoms with Gasteiger partial charge in [0.25, 0.3) is 0 Å². The Bertz CT molecular complexity index is 72.0. The maximum Gasteiger partial charge on any atom is 0.106 e. The van der Waals surface area contributed by atoms with Crippen LogP contribution in [0.15, 0.2) is 17.4 Å². The molecular weight excluding hydrogens is 78.1 g/mol. The summed E-state index contributed by atoms with van der Waals surface area (Å²) in [6, 6.07) is 0. The fraction of sp³-hybridized carbons (Fsp3) is 0. The predicted octanol–water partition coefficient (Wildman–Crippen LogP) is -0.406. The van der Waals surface area contributed by atoms with E-state index in [9.17, 15) is 0 Å². The Kier molecular flexibility index (Phi) is 0.774. The van der Waals surface area contributed by atoms with Crippen molar-refractivity contribution in [2.24, 2.45) is 4.99 Å². The molecule has 0 amide bonds. The van der Waals surface area contributed by atoms with Gasteiger partial charge in [0.15, 0.2) is 0 Å². The molecule has 0 aromatic carbocycles. The second kappa shape index (κ2) is 1.45. The van der Waals surface area contributed by atoms with Gasteiger partial charge in [0.05, 0.1) is 0 Å². The topological polar surface area (TPSA) is 36.4 Å². The molecule has 1 aliphatic rings. The van der Waals surface area contributed by atoms with Crippen LogP contribution in [0.4, 0.5) is 0 Å². The van der Waals surface area contributed by atoms with Crippen molar-refractivity contribution in [2.45, 2.75) is 0 Å². The van der Waals surface area contributed by atoms with Gasteiger partial charge in [-0.1, -0.05) is 0 Å². The normalized spacial score (nSPS) is 16.0. The molecule has 3 heteroatoms. The molecule has 2 N–H and O–H groups in total. The van der Waals surface area contributed by atoms with Crippen molar-refractivity contribution in [2.75, 3.05) is 0 Å². The molecule has 0 aromatic rings. The molecule has 0 atom stereocenters. The number of nitrogens with zero attached hydrogens (tertiary/aromatic N) is 1. The fourth-order valence-corrected chi connectivity index (χ4v) is 0.246. The number of rotatable bonds is 0. The minimum atomic E-state index is 1.57. The highest BCUT2D eigenvalue weighted by Crippen LogP contribution is 1.68. The van der Waals surface area contributed by atoms with Gasteiger partial charge >= 0.3 is 0 Å². The Morgan fingerprint density at radius 2 is 2.33 bits per heavy atom. The summed E-state index contributed by atoms with van der Waals surface area (Å²) in [6.07, 6.45) is 4.94. The van der Waals surface area contributed by atoms with Gasteiger partial charge in [-0.2, -0.15) is 0 Å². The second-order valence-corrected chi connectivity index (χ2v) is 0.883. The number of hydrogen-bond donors (Lipinski definition) is 2. The molecule has 1 aliphatic heterocycles. The lowest BCUT2D eigenvalue weighted by Gasteiger charge is -1.98. The highest BCUT2D eigenvalue weighted by Gasteiger charge is 1.70. The van der Waals surface area contributed by atoms with E-state index in [0.717, 1.165) is 0 Å². The van der Waals surface area contributed by atoms with E-state index >= 15 is 0 Å². The van der Waals surface area contributed by atoms with Gasteiger partial charge in [-0.15, -0.1) is 0 Å². The van der Waals surface area contributed by atoms with Crippen LogP contribution in [-0.2, 0) is 0 Å².